The van der Waals surface area contributed by atoms with Crippen LogP contribution < -0.4 is 0 Å². The van der Waals surface area contributed by atoms with Crippen LogP contribution in [0.15, 0.2) is 11.6 Å². The minimum Gasteiger partial charge on any atom is -0.302 e. The summed E-state index contributed by atoms with van der Waals surface area (Å²) in [5.74, 6) is 0. The van der Waals surface area contributed by atoms with Gasteiger partial charge in [0.15, 0.2) is 0 Å². The van der Waals surface area contributed by atoms with Gasteiger partial charge in [0.1, 0.15) is 0 Å². The topological polar surface area (TPSA) is 113 Å². The summed E-state index contributed by atoms with van der Waals surface area (Å²) in [6.07, 6.45) is 0. The first-order valence-corrected chi connectivity index (χ1v) is 5.78. The molecule has 0 aromatic heterocycles. The summed E-state index contributed by atoms with van der Waals surface area (Å²) in [6.45, 7) is -9.23. The molecule has 0 fully saturated rings. The van der Waals surface area contributed by atoms with E-state index in [4.69, 9.17) is 25.6 Å². The molecule has 3 N–H and O–H groups in total. The Morgan fingerprint density at radius 3 is 2.71 bits per heavy atom. The Morgan fingerprint density at radius 2 is 2.29 bits per heavy atom. The minimum absolute atomic E-state index is 1.34. The van der Waals surface area contributed by atoms with Gasteiger partial charge in [-0.2, -0.15) is 4.31 Å². The van der Waals surface area contributed by atoms with E-state index >= 15 is 0 Å². The largest absolute Gasteiger partial charge is 0.481 e. The molecule has 0 bridgehead atoms. The fourth-order valence-corrected chi connectivity index (χ4v) is 1.66. The number of hydrogen-bond donors (Lipinski definition) is 3. The number of allylic oxidation sites excluding steroid dienone is 1. The van der Waals surface area contributed by atoms with Gasteiger partial charge >= 0.3 is 15.6 Å². The molecule has 0 radical (unpaired) electrons. The van der Waals surface area contributed by atoms with Gasteiger partial charge in [0.05, 0.1) is 10.7 Å². The van der Waals surface area contributed by atoms with Gasteiger partial charge in [-0.1, -0.05) is 11.6 Å². The first-order chi connectivity index (χ1) is 9.39. The van der Waals surface area contributed by atoms with Crippen molar-refractivity contribution in [3.63, 3.8) is 0 Å². The average molecular weight is 254 g/mol. The lowest BCUT2D eigenvalue weighted by molar-refractivity contribution is 0.191. The lowest BCUT2D eigenvalue weighted by Crippen LogP contribution is -1.94. The molecule has 1 unspecified atom stereocenters. The van der Waals surface area contributed by atoms with Gasteiger partial charge in [-0.15, -0.1) is 0 Å². The highest BCUT2D eigenvalue weighted by atomic mass is 31.3. The standard InChI is InChI=1S/C5H12O7P2/c1-5(2)3-4-11-14(9,10)12-13(6,7)8/h3H,4H2,1-2H3,(H,9,10)(H2,6,7,8)/i1D2,2D3,3D,4D2/b5-3-. The second kappa shape index (κ2) is 5.19. The van der Waals surface area contributed by atoms with Crippen LogP contribution in [0.4, 0.5) is 0 Å². The maximum absolute atomic E-state index is 11.2. The molecule has 0 rings (SSSR count). The van der Waals surface area contributed by atoms with Gasteiger partial charge in [-0.05, 0) is 13.7 Å². The van der Waals surface area contributed by atoms with E-state index in [0.717, 1.165) is 0 Å². The fourth-order valence-electron chi connectivity index (χ4n) is 0.287. The lowest BCUT2D eigenvalue weighted by Gasteiger charge is -2.10. The normalized spacial score (nSPS) is 29.1. The molecule has 0 amide bonds. The Balaban J connectivity index is 5.73. The van der Waals surface area contributed by atoms with Crippen molar-refractivity contribution >= 4 is 15.6 Å². The van der Waals surface area contributed by atoms with Crippen LogP contribution in [0.1, 0.15) is 24.7 Å². The van der Waals surface area contributed by atoms with E-state index in [0.29, 0.717) is 0 Å². The van der Waals surface area contributed by atoms with Crippen LogP contribution in [0.25, 0.3) is 0 Å². The van der Waals surface area contributed by atoms with Gasteiger partial charge in [0.25, 0.3) is 0 Å². The first-order valence-electron chi connectivity index (χ1n) is 6.91. The zero-order valence-corrected chi connectivity index (χ0v) is 8.24. The molecule has 9 heteroatoms. The predicted molar refractivity (Wildman–Crippen MR) is 48.3 cm³/mol. The highest BCUT2D eigenvalue weighted by Gasteiger charge is 2.31. The molecule has 0 spiro atoms. The average Bonchev–Trinajstić information content (AvgIpc) is 2.06. The van der Waals surface area contributed by atoms with Crippen molar-refractivity contribution in [3.8, 4) is 0 Å². The maximum atomic E-state index is 11.2. The van der Waals surface area contributed by atoms with Crippen molar-refractivity contribution in [2.45, 2.75) is 13.7 Å². The minimum atomic E-state index is -5.71. The Kier molecular flexibility index (Phi) is 1.99. The summed E-state index contributed by atoms with van der Waals surface area (Å²) in [5, 5.41) is 0. The summed E-state index contributed by atoms with van der Waals surface area (Å²) >= 11 is 0. The van der Waals surface area contributed by atoms with Gasteiger partial charge in [-0.25, -0.2) is 9.13 Å². The van der Waals surface area contributed by atoms with E-state index < -0.39 is 47.6 Å². The Hall–Kier alpha value is -0.0000000000000000416. The lowest BCUT2D eigenvalue weighted by atomic mass is 10.3. The summed E-state index contributed by atoms with van der Waals surface area (Å²) < 4.78 is 85.5. The summed E-state index contributed by atoms with van der Waals surface area (Å²) in [6, 6.07) is -1.63. The third kappa shape index (κ3) is 8.59. The van der Waals surface area contributed by atoms with Crippen molar-refractivity contribution < 1.29 is 43.6 Å². The van der Waals surface area contributed by atoms with Crippen LogP contribution in [-0.2, 0) is 18.0 Å². The van der Waals surface area contributed by atoms with E-state index in [1.54, 1.807) is 0 Å². The van der Waals surface area contributed by atoms with Crippen LogP contribution in [0, 0.1) is 0 Å². The SMILES string of the molecule is [2H]/C(=C(\C([2H])[2H])C([2H])([2H])[2H])C([2H])([2H])OP(=O)(O)OP(=O)(O)O. The summed E-state index contributed by atoms with van der Waals surface area (Å²) in [4.78, 5) is 25.7. The Bertz CT molecular complexity index is 535. The maximum Gasteiger partial charge on any atom is 0.481 e. The molecule has 0 saturated carbocycles. The molecule has 0 aliphatic rings. The number of rotatable bonds is 5. The smallest absolute Gasteiger partial charge is 0.302 e. The Morgan fingerprint density at radius 1 is 1.64 bits per heavy atom. The Labute approximate surface area is 92.5 Å². The number of phosphoric ester groups is 1. The van der Waals surface area contributed by atoms with Crippen LogP contribution in [-0.4, -0.2) is 21.2 Å². The van der Waals surface area contributed by atoms with E-state index in [-0.39, 0.29) is 0 Å². The molecule has 0 saturated heterocycles. The quantitative estimate of drug-likeness (QED) is 0.498. The first kappa shape index (κ1) is 5.37. The van der Waals surface area contributed by atoms with E-state index in [1.807, 2.05) is 0 Å². The van der Waals surface area contributed by atoms with Crippen molar-refractivity contribution in [2.24, 2.45) is 0 Å². The summed E-state index contributed by atoms with van der Waals surface area (Å²) in [5.41, 5.74) is -1.34. The molecule has 0 heterocycles. The summed E-state index contributed by atoms with van der Waals surface area (Å²) in [7, 11) is -11.3. The molecule has 0 aliphatic heterocycles. The predicted octanol–water partition coefficient (Wildman–Crippen LogP) is 1.18. The zero-order chi connectivity index (χ0) is 18.1. The zero-order valence-electron chi connectivity index (χ0n) is 14.4. The van der Waals surface area contributed by atoms with Crippen molar-refractivity contribution in [2.75, 3.05) is 6.56 Å². The molecule has 0 aromatic carbocycles. The molecule has 7 nitrogen and oxygen atoms in total. The highest BCUT2D eigenvalue weighted by Crippen LogP contribution is 2.57. The van der Waals surface area contributed by atoms with E-state index in [2.05, 4.69) is 8.83 Å². The fraction of sp³-hybridized carbons (Fsp3) is 0.600. The third-order valence-corrected chi connectivity index (χ3v) is 2.55. The van der Waals surface area contributed by atoms with E-state index in [9.17, 15) is 9.13 Å². The van der Waals surface area contributed by atoms with Crippen LogP contribution in [0.5, 0.6) is 0 Å². The highest BCUT2D eigenvalue weighted by molar-refractivity contribution is 7.60. The van der Waals surface area contributed by atoms with E-state index in [1.165, 1.54) is 0 Å². The second-order valence-electron chi connectivity index (χ2n) is 1.77. The molecule has 14 heavy (non-hydrogen) atoms. The molecule has 84 valence electrons. The van der Waals surface area contributed by atoms with Gasteiger partial charge in [0.2, 0.25) is 0 Å². The molecular weight excluding hydrogens is 234 g/mol. The third-order valence-electron chi connectivity index (χ3n) is 0.556. The molecule has 0 aromatic rings. The molecule has 1 atom stereocenters. The number of hydrogen-bond acceptors (Lipinski definition) is 4. The van der Waals surface area contributed by atoms with Crippen molar-refractivity contribution in [3.05, 3.63) is 11.6 Å². The van der Waals surface area contributed by atoms with Crippen LogP contribution >= 0.6 is 15.6 Å². The van der Waals surface area contributed by atoms with Crippen LogP contribution in [0.3, 0.4) is 0 Å². The molecule has 0 aliphatic carbocycles. The second-order valence-corrected chi connectivity index (χ2v) is 4.53. The number of phosphoric acid groups is 2. The van der Waals surface area contributed by atoms with Crippen molar-refractivity contribution in [1.29, 1.82) is 0 Å². The van der Waals surface area contributed by atoms with Gasteiger partial charge < -0.3 is 14.7 Å². The van der Waals surface area contributed by atoms with Gasteiger partial charge in [-0.3, -0.25) is 4.52 Å². The van der Waals surface area contributed by atoms with Crippen LogP contribution in [0.2, 0.25) is 0 Å². The molecular formula is C5H12O7P2. The van der Waals surface area contributed by atoms with Crippen molar-refractivity contribution in [1.82, 2.24) is 0 Å². The van der Waals surface area contributed by atoms with Gasteiger partial charge in [0, 0.05) is 6.85 Å². The monoisotopic (exact) mass is 254 g/mol.